The van der Waals surface area contributed by atoms with E-state index in [0.717, 1.165) is 12.8 Å². The highest BCUT2D eigenvalue weighted by molar-refractivity contribution is 5.94. The van der Waals surface area contributed by atoms with Crippen molar-refractivity contribution in [2.45, 2.75) is 12.8 Å². The van der Waals surface area contributed by atoms with Crippen LogP contribution in [0.25, 0.3) is 0 Å². The molecule has 1 rings (SSSR count). The van der Waals surface area contributed by atoms with Crippen LogP contribution in [-0.4, -0.2) is 12.5 Å². The number of carbonyl (C=O) groups is 1. The minimum Gasteiger partial charge on any atom is -0.352 e. The molecule has 0 saturated heterocycles. The molecule has 0 bridgehead atoms. The maximum Gasteiger partial charge on any atom is 0.251 e. The lowest BCUT2D eigenvalue weighted by molar-refractivity contribution is 0.0953. The van der Waals surface area contributed by atoms with E-state index in [1.807, 2.05) is 24.3 Å². The summed E-state index contributed by atoms with van der Waals surface area (Å²) in [7, 11) is 0. The summed E-state index contributed by atoms with van der Waals surface area (Å²) in [6.07, 6.45) is 3.69. The van der Waals surface area contributed by atoms with Gasteiger partial charge in [-0.05, 0) is 31.1 Å². The molecule has 0 aromatic heterocycles. The number of nitrogens with one attached hydrogen (secondary N) is 1. The van der Waals surface area contributed by atoms with Gasteiger partial charge in [-0.15, -0.1) is 5.73 Å². The van der Waals surface area contributed by atoms with E-state index in [1.165, 1.54) is 0 Å². The number of amides is 1. The van der Waals surface area contributed by atoms with E-state index in [9.17, 15) is 4.79 Å². The van der Waals surface area contributed by atoms with E-state index in [1.54, 1.807) is 12.1 Å². The highest BCUT2D eigenvalue weighted by Gasteiger charge is 2.01. The zero-order valence-electron chi connectivity index (χ0n) is 8.70. The number of allylic oxidation sites excluding steroid dienone is 1. The molecule has 0 radical (unpaired) electrons. The molecule has 0 unspecified atom stereocenters. The first-order valence-electron chi connectivity index (χ1n) is 5.02. The third-order valence-electron chi connectivity index (χ3n) is 1.99. The number of carbonyl (C=O) groups excluding carboxylic acids is 1. The topological polar surface area (TPSA) is 29.1 Å². The molecule has 1 aromatic rings. The Hall–Kier alpha value is -1.79. The Kier molecular flexibility index (Phi) is 4.99. The smallest absolute Gasteiger partial charge is 0.251 e. The number of unbranched alkanes of at least 4 members (excludes halogenated alkanes) is 1. The summed E-state index contributed by atoms with van der Waals surface area (Å²) in [6.45, 7) is 4.16. The Morgan fingerprint density at radius 3 is 2.80 bits per heavy atom. The van der Waals surface area contributed by atoms with Gasteiger partial charge in [-0.2, -0.15) is 0 Å². The molecule has 0 aliphatic carbocycles. The van der Waals surface area contributed by atoms with Crippen LogP contribution in [0.2, 0.25) is 0 Å². The van der Waals surface area contributed by atoms with Gasteiger partial charge >= 0.3 is 0 Å². The number of rotatable bonds is 5. The molecule has 2 nitrogen and oxygen atoms in total. The molecule has 1 N–H and O–H groups in total. The molecule has 1 amide bonds. The van der Waals surface area contributed by atoms with Crippen molar-refractivity contribution in [2.75, 3.05) is 6.54 Å². The molecule has 0 aliphatic rings. The maximum absolute atomic E-state index is 11.5. The van der Waals surface area contributed by atoms with Gasteiger partial charge in [0.2, 0.25) is 0 Å². The van der Waals surface area contributed by atoms with Crippen LogP contribution in [0, 0.1) is 0 Å². The summed E-state index contributed by atoms with van der Waals surface area (Å²) < 4.78 is 0. The third kappa shape index (κ3) is 4.30. The van der Waals surface area contributed by atoms with Gasteiger partial charge in [-0.1, -0.05) is 24.8 Å². The molecule has 0 atom stereocenters. The summed E-state index contributed by atoms with van der Waals surface area (Å²) >= 11 is 0. The summed E-state index contributed by atoms with van der Waals surface area (Å²) in [6, 6.07) is 9.22. The molecule has 0 heterocycles. The van der Waals surface area contributed by atoms with Gasteiger partial charge < -0.3 is 5.32 Å². The van der Waals surface area contributed by atoms with E-state index in [2.05, 4.69) is 17.6 Å². The van der Waals surface area contributed by atoms with Gasteiger partial charge in [0.15, 0.2) is 0 Å². The Morgan fingerprint density at radius 1 is 1.40 bits per heavy atom. The first-order valence-corrected chi connectivity index (χ1v) is 5.02. The van der Waals surface area contributed by atoms with Crippen molar-refractivity contribution in [3.8, 4) is 0 Å². The van der Waals surface area contributed by atoms with Gasteiger partial charge in [-0.3, -0.25) is 4.79 Å². The van der Waals surface area contributed by atoms with Crippen LogP contribution < -0.4 is 5.32 Å². The minimum absolute atomic E-state index is 0.0156. The van der Waals surface area contributed by atoms with E-state index >= 15 is 0 Å². The standard InChI is InChI=1S/C13H15NO/c1-2-3-4-8-11-14-13(15)12-9-6-5-7-10-12/h3,5-7,9-10H,1,4,8,11H2,(H,14,15). The second-order valence-corrected chi connectivity index (χ2v) is 3.17. The zero-order chi connectivity index (χ0) is 10.9. The monoisotopic (exact) mass is 201 g/mol. The van der Waals surface area contributed by atoms with Crippen LogP contribution in [-0.2, 0) is 0 Å². The van der Waals surface area contributed by atoms with Crippen LogP contribution in [0.4, 0.5) is 0 Å². The van der Waals surface area contributed by atoms with E-state index < -0.39 is 0 Å². The van der Waals surface area contributed by atoms with E-state index in [0.29, 0.717) is 12.1 Å². The quantitative estimate of drug-likeness (QED) is 0.575. The Bertz CT molecular complexity index is 350. The number of hydrogen-bond donors (Lipinski definition) is 1. The van der Waals surface area contributed by atoms with Crippen LogP contribution >= 0.6 is 0 Å². The third-order valence-corrected chi connectivity index (χ3v) is 1.99. The predicted octanol–water partition coefficient (Wildman–Crippen LogP) is 2.54. The normalized spacial score (nSPS) is 9.07. The SMILES string of the molecule is C=C=CCCCNC(=O)c1ccccc1. The molecule has 0 spiro atoms. The highest BCUT2D eigenvalue weighted by atomic mass is 16.1. The summed E-state index contributed by atoms with van der Waals surface area (Å²) in [4.78, 5) is 11.5. The maximum atomic E-state index is 11.5. The van der Waals surface area contributed by atoms with Gasteiger partial charge in [0.25, 0.3) is 5.91 Å². The first kappa shape index (κ1) is 11.3. The second kappa shape index (κ2) is 6.63. The van der Waals surface area contributed by atoms with Gasteiger partial charge in [-0.25, -0.2) is 0 Å². The molecule has 0 fully saturated rings. The molecule has 0 saturated carbocycles. The summed E-state index contributed by atoms with van der Waals surface area (Å²) in [5.41, 5.74) is 3.41. The average Bonchev–Trinajstić information content (AvgIpc) is 2.30. The van der Waals surface area contributed by atoms with Crippen molar-refractivity contribution >= 4 is 5.91 Å². The molecular weight excluding hydrogens is 186 g/mol. The van der Waals surface area contributed by atoms with Gasteiger partial charge in [0.1, 0.15) is 0 Å². The van der Waals surface area contributed by atoms with Crippen LogP contribution in [0.3, 0.4) is 0 Å². The van der Waals surface area contributed by atoms with E-state index in [-0.39, 0.29) is 5.91 Å². The Morgan fingerprint density at radius 2 is 2.13 bits per heavy atom. The highest BCUT2D eigenvalue weighted by Crippen LogP contribution is 1.98. The van der Waals surface area contributed by atoms with Gasteiger partial charge in [0, 0.05) is 12.1 Å². The molecule has 2 heteroatoms. The lowest BCUT2D eigenvalue weighted by Gasteiger charge is -2.03. The van der Waals surface area contributed by atoms with Crippen molar-refractivity contribution in [1.29, 1.82) is 0 Å². The van der Waals surface area contributed by atoms with Crippen LogP contribution in [0.1, 0.15) is 23.2 Å². The van der Waals surface area contributed by atoms with Crippen LogP contribution in [0.5, 0.6) is 0 Å². The molecule has 0 aliphatic heterocycles. The minimum atomic E-state index is -0.0156. The average molecular weight is 201 g/mol. The van der Waals surface area contributed by atoms with Crippen molar-refractivity contribution in [3.05, 3.63) is 54.3 Å². The molecule has 15 heavy (non-hydrogen) atoms. The number of hydrogen-bond acceptors (Lipinski definition) is 1. The lowest BCUT2D eigenvalue weighted by atomic mass is 10.2. The molecule has 1 aromatic carbocycles. The van der Waals surface area contributed by atoms with Gasteiger partial charge in [0.05, 0.1) is 0 Å². The fourth-order valence-electron chi connectivity index (χ4n) is 1.20. The Labute approximate surface area is 90.3 Å². The number of benzene rings is 1. The van der Waals surface area contributed by atoms with E-state index in [4.69, 9.17) is 0 Å². The second-order valence-electron chi connectivity index (χ2n) is 3.17. The summed E-state index contributed by atoms with van der Waals surface area (Å²) in [5, 5.41) is 2.85. The predicted molar refractivity (Wildman–Crippen MR) is 61.7 cm³/mol. The first-order chi connectivity index (χ1) is 7.34. The fourth-order valence-corrected chi connectivity index (χ4v) is 1.20. The van der Waals surface area contributed by atoms with Crippen LogP contribution in [0.15, 0.2) is 48.7 Å². The van der Waals surface area contributed by atoms with Crippen molar-refractivity contribution < 1.29 is 4.79 Å². The van der Waals surface area contributed by atoms with Crippen molar-refractivity contribution in [2.24, 2.45) is 0 Å². The molecular formula is C13H15NO. The summed E-state index contributed by atoms with van der Waals surface area (Å²) in [5.74, 6) is -0.0156. The zero-order valence-corrected chi connectivity index (χ0v) is 8.70. The molecule has 78 valence electrons. The largest absolute Gasteiger partial charge is 0.352 e. The Balaban J connectivity index is 2.28. The van der Waals surface area contributed by atoms with Crippen molar-refractivity contribution in [3.63, 3.8) is 0 Å². The van der Waals surface area contributed by atoms with Crippen molar-refractivity contribution in [1.82, 2.24) is 5.32 Å². The lowest BCUT2D eigenvalue weighted by Crippen LogP contribution is -2.24. The fraction of sp³-hybridized carbons (Fsp3) is 0.231.